The minimum Gasteiger partial charge on any atom is -0.338 e. The normalized spacial score (nSPS) is 22.9. The summed E-state index contributed by atoms with van der Waals surface area (Å²) in [4.78, 5) is 14.8. The smallest absolute Gasteiger partial charge is 0.247 e. The van der Waals surface area contributed by atoms with E-state index in [1.54, 1.807) is 0 Å². The van der Waals surface area contributed by atoms with Gasteiger partial charge in [-0.15, -0.1) is 0 Å². The van der Waals surface area contributed by atoms with E-state index < -0.39 is 5.54 Å². The van der Waals surface area contributed by atoms with Crippen molar-refractivity contribution in [2.45, 2.75) is 51.1 Å². The molecule has 19 heavy (non-hydrogen) atoms. The number of carbonyl (C=O) groups excluding carboxylic acids is 1. The maximum Gasteiger partial charge on any atom is 0.247 e. The van der Waals surface area contributed by atoms with Crippen LogP contribution in [0.3, 0.4) is 0 Å². The Balaban J connectivity index is 2.22. The van der Waals surface area contributed by atoms with Gasteiger partial charge in [-0.3, -0.25) is 4.79 Å². The lowest BCUT2D eigenvalue weighted by Gasteiger charge is -2.40. The van der Waals surface area contributed by atoms with Crippen molar-refractivity contribution in [1.82, 2.24) is 4.90 Å². The van der Waals surface area contributed by atoms with Gasteiger partial charge >= 0.3 is 0 Å². The zero-order valence-corrected chi connectivity index (χ0v) is 11.9. The summed E-state index contributed by atoms with van der Waals surface area (Å²) in [5.41, 5.74) is 6.30. The summed E-state index contributed by atoms with van der Waals surface area (Å²) < 4.78 is 0. The molecule has 0 saturated carbocycles. The lowest BCUT2D eigenvalue weighted by Crippen LogP contribution is -2.55. The number of hydrogen-bond acceptors (Lipinski definition) is 2. The molecule has 1 aromatic rings. The molecule has 1 amide bonds. The number of rotatable bonds is 3. The number of piperidine rings is 1. The molecule has 2 rings (SSSR count). The van der Waals surface area contributed by atoms with Crippen LogP contribution in [-0.2, 0) is 10.3 Å². The van der Waals surface area contributed by atoms with Gasteiger partial charge in [0.05, 0.1) is 0 Å². The fourth-order valence-electron chi connectivity index (χ4n) is 2.90. The predicted octanol–water partition coefficient (Wildman–Crippen LogP) is 2.65. The molecule has 2 unspecified atom stereocenters. The van der Waals surface area contributed by atoms with Crippen LogP contribution in [0.5, 0.6) is 0 Å². The Hall–Kier alpha value is -1.35. The van der Waals surface area contributed by atoms with E-state index in [9.17, 15) is 4.79 Å². The van der Waals surface area contributed by atoms with Gasteiger partial charge in [0.1, 0.15) is 5.54 Å². The van der Waals surface area contributed by atoms with Crippen LogP contribution in [0, 0.1) is 0 Å². The standard InChI is InChI=1S/C16H24N2O/c1-3-14-11-7-8-12-18(14)15(19)16(2,17)13-9-5-4-6-10-13/h4-6,9-10,14H,3,7-8,11-12,17H2,1-2H3. The molecule has 0 spiro atoms. The molecular weight excluding hydrogens is 236 g/mol. The second-order valence-corrected chi connectivity index (χ2v) is 5.62. The summed E-state index contributed by atoms with van der Waals surface area (Å²) in [6.07, 6.45) is 4.42. The number of carbonyl (C=O) groups is 1. The maximum atomic E-state index is 12.8. The topological polar surface area (TPSA) is 46.3 Å². The third-order valence-electron chi connectivity index (χ3n) is 4.18. The molecule has 0 radical (unpaired) electrons. The minimum atomic E-state index is -0.925. The highest BCUT2D eigenvalue weighted by Crippen LogP contribution is 2.26. The average Bonchev–Trinajstić information content (AvgIpc) is 2.47. The van der Waals surface area contributed by atoms with Gasteiger partial charge in [-0.1, -0.05) is 37.3 Å². The summed E-state index contributed by atoms with van der Waals surface area (Å²) in [6.45, 7) is 4.82. The molecule has 3 heteroatoms. The Morgan fingerprint density at radius 1 is 1.37 bits per heavy atom. The van der Waals surface area contributed by atoms with Crippen LogP contribution in [0.1, 0.15) is 45.1 Å². The lowest BCUT2D eigenvalue weighted by molar-refractivity contribution is -0.140. The van der Waals surface area contributed by atoms with Crippen LogP contribution in [0.4, 0.5) is 0 Å². The first-order valence-electron chi connectivity index (χ1n) is 7.23. The van der Waals surface area contributed by atoms with E-state index in [1.807, 2.05) is 42.2 Å². The van der Waals surface area contributed by atoms with E-state index in [2.05, 4.69) is 6.92 Å². The van der Waals surface area contributed by atoms with Gasteiger partial charge in [-0.2, -0.15) is 0 Å². The molecule has 0 bridgehead atoms. The molecule has 1 saturated heterocycles. The monoisotopic (exact) mass is 260 g/mol. The molecule has 1 heterocycles. The average molecular weight is 260 g/mol. The highest BCUT2D eigenvalue weighted by Gasteiger charge is 2.37. The highest BCUT2D eigenvalue weighted by molar-refractivity contribution is 5.87. The molecule has 1 aliphatic rings. The van der Waals surface area contributed by atoms with Crippen LogP contribution in [0.25, 0.3) is 0 Å². The fraction of sp³-hybridized carbons (Fsp3) is 0.562. The Bertz CT molecular complexity index is 428. The minimum absolute atomic E-state index is 0.0604. The van der Waals surface area contributed by atoms with Crippen molar-refractivity contribution >= 4 is 5.91 Å². The zero-order chi connectivity index (χ0) is 13.9. The highest BCUT2D eigenvalue weighted by atomic mass is 16.2. The first-order valence-corrected chi connectivity index (χ1v) is 7.23. The molecule has 3 nitrogen and oxygen atoms in total. The molecule has 1 aromatic carbocycles. The number of nitrogens with zero attached hydrogens (tertiary/aromatic N) is 1. The fourth-order valence-corrected chi connectivity index (χ4v) is 2.90. The van der Waals surface area contributed by atoms with Crippen LogP contribution in [-0.4, -0.2) is 23.4 Å². The van der Waals surface area contributed by atoms with E-state index in [4.69, 9.17) is 5.73 Å². The van der Waals surface area contributed by atoms with E-state index in [1.165, 1.54) is 6.42 Å². The van der Waals surface area contributed by atoms with Crippen LogP contribution in [0.2, 0.25) is 0 Å². The molecule has 1 aliphatic heterocycles. The van der Waals surface area contributed by atoms with Crippen LogP contribution < -0.4 is 5.73 Å². The Kier molecular flexibility index (Phi) is 4.25. The molecule has 0 aromatic heterocycles. The van der Waals surface area contributed by atoms with Crippen molar-refractivity contribution in [2.75, 3.05) is 6.54 Å². The summed E-state index contributed by atoms with van der Waals surface area (Å²) in [5.74, 6) is 0.0604. The number of likely N-dealkylation sites (tertiary alicyclic amines) is 1. The molecular formula is C16H24N2O. The molecule has 104 valence electrons. The Labute approximate surface area is 115 Å². The molecule has 1 fully saturated rings. The largest absolute Gasteiger partial charge is 0.338 e. The summed E-state index contributed by atoms with van der Waals surface area (Å²) in [5, 5.41) is 0. The quantitative estimate of drug-likeness (QED) is 0.908. The molecule has 0 aliphatic carbocycles. The van der Waals surface area contributed by atoms with Crippen LogP contribution in [0.15, 0.2) is 30.3 Å². The summed E-state index contributed by atoms with van der Waals surface area (Å²) in [7, 11) is 0. The van der Waals surface area contributed by atoms with E-state index in [0.717, 1.165) is 31.4 Å². The van der Waals surface area contributed by atoms with Gasteiger partial charge in [0.2, 0.25) is 5.91 Å². The van der Waals surface area contributed by atoms with Gasteiger partial charge < -0.3 is 10.6 Å². The van der Waals surface area contributed by atoms with E-state index >= 15 is 0 Å². The summed E-state index contributed by atoms with van der Waals surface area (Å²) in [6, 6.07) is 10.0. The zero-order valence-electron chi connectivity index (χ0n) is 11.9. The first-order chi connectivity index (χ1) is 9.07. The van der Waals surface area contributed by atoms with Crippen molar-refractivity contribution < 1.29 is 4.79 Å². The van der Waals surface area contributed by atoms with Crippen molar-refractivity contribution in [1.29, 1.82) is 0 Å². The van der Waals surface area contributed by atoms with Gasteiger partial charge in [0, 0.05) is 12.6 Å². The third-order valence-corrected chi connectivity index (χ3v) is 4.18. The third kappa shape index (κ3) is 2.81. The number of benzene rings is 1. The van der Waals surface area contributed by atoms with Crippen molar-refractivity contribution in [3.8, 4) is 0 Å². The number of amides is 1. The lowest BCUT2D eigenvalue weighted by atomic mass is 9.89. The number of nitrogens with two attached hydrogens (primary N) is 1. The maximum absolute atomic E-state index is 12.8. The van der Waals surface area contributed by atoms with E-state index in [-0.39, 0.29) is 5.91 Å². The SMILES string of the molecule is CCC1CCCCN1C(=O)C(C)(N)c1ccccc1. The van der Waals surface area contributed by atoms with Crippen molar-refractivity contribution in [2.24, 2.45) is 5.73 Å². The van der Waals surface area contributed by atoms with Gasteiger partial charge in [-0.25, -0.2) is 0 Å². The van der Waals surface area contributed by atoms with Crippen molar-refractivity contribution in [3.05, 3.63) is 35.9 Å². The number of hydrogen-bond donors (Lipinski definition) is 1. The second-order valence-electron chi connectivity index (χ2n) is 5.62. The first kappa shape index (κ1) is 14.1. The Morgan fingerprint density at radius 2 is 2.05 bits per heavy atom. The van der Waals surface area contributed by atoms with Crippen molar-refractivity contribution in [3.63, 3.8) is 0 Å². The predicted molar refractivity (Wildman–Crippen MR) is 77.6 cm³/mol. The Morgan fingerprint density at radius 3 is 2.68 bits per heavy atom. The molecule has 2 atom stereocenters. The van der Waals surface area contributed by atoms with Crippen LogP contribution >= 0.6 is 0 Å². The second kappa shape index (κ2) is 5.74. The molecule has 2 N–H and O–H groups in total. The summed E-state index contributed by atoms with van der Waals surface area (Å²) >= 11 is 0. The van der Waals surface area contributed by atoms with E-state index in [0.29, 0.717) is 6.04 Å². The van der Waals surface area contributed by atoms with Gasteiger partial charge in [0.15, 0.2) is 0 Å². The van der Waals surface area contributed by atoms with Gasteiger partial charge in [0.25, 0.3) is 0 Å². The van der Waals surface area contributed by atoms with Gasteiger partial charge in [-0.05, 0) is 38.2 Å².